The topological polar surface area (TPSA) is 145 Å². The first-order valence-corrected chi connectivity index (χ1v) is 9.41. The van der Waals surface area contributed by atoms with E-state index in [1.165, 1.54) is 11.6 Å². The van der Waals surface area contributed by atoms with Crippen LogP contribution >= 0.6 is 0 Å². The molecule has 0 aromatic heterocycles. The van der Waals surface area contributed by atoms with Crippen LogP contribution in [0.5, 0.6) is 11.5 Å². The molecule has 2 rings (SSSR count). The minimum Gasteiger partial charge on any atom is -0.693 e. The monoisotopic (exact) mass is 615 g/mol. The molecule has 0 aliphatic heterocycles. The number of carboxylic acids is 1. The predicted octanol–water partition coefficient (Wildman–Crippen LogP) is 7.88. The van der Waals surface area contributed by atoms with Crippen molar-refractivity contribution in [2.24, 2.45) is 5.92 Å². The average Bonchev–Trinajstić information content (AvgIpc) is 2.54. The second-order valence-corrected chi connectivity index (χ2v) is 7.48. The molecule has 0 saturated heterocycles. The molecule has 2 unspecified atom stereocenters. The number of aryl methyl sites for hydroxylation is 1. The minimum absolute atomic E-state index is 0. The van der Waals surface area contributed by atoms with E-state index in [1.807, 2.05) is 19.9 Å². The van der Waals surface area contributed by atoms with Crippen molar-refractivity contribution in [3.05, 3.63) is 73.7 Å². The van der Waals surface area contributed by atoms with Crippen molar-refractivity contribution in [1.82, 2.24) is 0 Å². The van der Waals surface area contributed by atoms with Crippen LogP contribution in [0.15, 0.2) is 29.9 Å². The molecular formula is C24H40N2O4Pt. The number of aromatic carboxylic acids is 1. The molecule has 31 heavy (non-hydrogen) atoms. The Kier molecular flexibility index (Phi) is 19.0. The number of rotatable bonds is 7. The molecule has 0 fully saturated rings. The number of hydrogen-bond donors (Lipinski definition) is 3. The Bertz CT molecular complexity index is 748. The van der Waals surface area contributed by atoms with E-state index >= 15 is 0 Å². The zero-order valence-corrected chi connectivity index (χ0v) is 21.8. The van der Waals surface area contributed by atoms with Crippen molar-refractivity contribution in [1.29, 1.82) is 0 Å². The predicted molar refractivity (Wildman–Crippen MR) is 127 cm³/mol. The van der Waals surface area contributed by atoms with Crippen molar-refractivity contribution < 1.29 is 41.2 Å². The second-order valence-electron chi connectivity index (χ2n) is 7.48. The fourth-order valence-electron chi connectivity index (χ4n) is 3.96. The maximum absolute atomic E-state index is 11.8. The Morgan fingerprint density at radius 3 is 2.26 bits per heavy atom. The van der Waals surface area contributed by atoms with Crippen LogP contribution in [0.25, 0.3) is 12.3 Å². The van der Waals surface area contributed by atoms with E-state index in [0.717, 1.165) is 37.7 Å². The van der Waals surface area contributed by atoms with Crippen molar-refractivity contribution in [3.8, 4) is 11.5 Å². The van der Waals surface area contributed by atoms with E-state index in [4.69, 9.17) is 0 Å². The molecule has 0 amide bonds. The molecule has 180 valence electrons. The number of phenols is 2. The third kappa shape index (κ3) is 8.44. The summed E-state index contributed by atoms with van der Waals surface area (Å²) in [6, 6.07) is 1.53. The first kappa shape index (κ1) is 36.7. The average molecular weight is 616 g/mol. The largest absolute Gasteiger partial charge is 4.00 e. The van der Waals surface area contributed by atoms with E-state index in [2.05, 4.69) is 13.5 Å². The first-order valence-electron chi connectivity index (χ1n) is 9.41. The van der Waals surface area contributed by atoms with Crippen LogP contribution in [0.4, 0.5) is 0 Å². The third-order valence-corrected chi connectivity index (χ3v) is 5.38. The summed E-state index contributed by atoms with van der Waals surface area (Å²) >= 11 is 0. The molecule has 1 aromatic rings. The van der Waals surface area contributed by atoms with E-state index in [1.54, 1.807) is 0 Å². The normalized spacial score (nSPS) is 16.7. The smallest absolute Gasteiger partial charge is 0.693 e. The SMILES string of the molecule is C=C(C)C1CCC(C)=CC1c1c(O)cc(CCCCC)c(C(=O)O)c1O.[CH3-].[CH3-].[NH2-].[NH2-].[Pt+4]. The Hall–Kier alpha value is -1.62. The molecule has 1 aliphatic rings. The Morgan fingerprint density at radius 2 is 1.77 bits per heavy atom. The summed E-state index contributed by atoms with van der Waals surface area (Å²) in [5.74, 6) is -1.67. The van der Waals surface area contributed by atoms with Crippen LogP contribution in [0.3, 0.4) is 0 Å². The summed E-state index contributed by atoms with van der Waals surface area (Å²) in [7, 11) is 0. The van der Waals surface area contributed by atoms with Gasteiger partial charge in [-0.1, -0.05) is 43.6 Å². The first-order chi connectivity index (χ1) is 12.3. The van der Waals surface area contributed by atoms with Gasteiger partial charge in [-0.15, -0.1) is 0 Å². The number of unbranched alkanes of at least 4 members (excludes halogenated alkanes) is 2. The van der Waals surface area contributed by atoms with Crippen LogP contribution in [0.1, 0.15) is 80.3 Å². The number of aromatic hydroxyl groups is 2. The molecule has 7 heteroatoms. The van der Waals surface area contributed by atoms with Crippen LogP contribution in [0, 0.1) is 20.8 Å². The zero-order valence-electron chi connectivity index (χ0n) is 19.5. The number of carboxylic acid groups (broad SMARTS) is 1. The Labute approximate surface area is 203 Å². The van der Waals surface area contributed by atoms with Crippen molar-refractivity contribution in [2.75, 3.05) is 0 Å². The van der Waals surface area contributed by atoms with Gasteiger partial charge in [0.15, 0.2) is 0 Å². The number of nitrogens with two attached hydrogens (primary N) is 2. The Balaban J connectivity index is -0.000000729. The standard InChI is InChI=1S/C22H30O4.2CH3.2H2N.Pt/c1-5-6-7-8-15-12-18(23)20(21(24)19(15)22(25)26)17-11-14(4)9-10-16(17)13(2)3;;;;;/h11-12,16-17,23-24H,2,5-10H2,1,3-4H3,(H,25,26);2*1H3;2*1H2;/q;4*-1;+4. The van der Waals surface area contributed by atoms with Gasteiger partial charge in [-0.05, 0) is 57.1 Å². The summed E-state index contributed by atoms with van der Waals surface area (Å²) in [5.41, 5.74) is 2.88. The molecule has 6 nitrogen and oxygen atoms in total. The van der Waals surface area contributed by atoms with Crippen LogP contribution in [-0.2, 0) is 27.5 Å². The van der Waals surface area contributed by atoms with Crippen LogP contribution in [0.2, 0.25) is 0 Å². The van der Waals surface area contributed by atoms with Gasteiger partial charge in [0.2, 0.25) is 0 Å². The van der Waals surface area contributed by atoms with Gasteiger partial charge in [-0.25, -0.2) is 4.79 Å². The number of phenolic OH excluding ortho intramolecular Hbond substituents is 1. The van der Waals surface area contributed by atoms with E-state index < -0.39 is 5.97 Å². The van der Waals surface area contributed by atoms with Crippen molar-refractivity contribution in [3.63, 3.8) is 0 Å². The van der Waals surface area contributed by atoms with Gasteiger partial charge in [-0.2, -0.15) is 0 Å². The molecule has 7 N–H and O–H groups in total. The number of carbonyl (C=O) groups is 1. The maximum atomic E-state index is 11.8. The Morgan fingerprint density at radius 1 is 1.19 bits per heavy atom. The molecule has 1 aromatic carbocycles. The summed E-state index contributed by atoms with van der Waals surface area (Å²) in [4.78, 5) is 11.8. The summed E-state index contributed by atoms with van der Waals surface area (Å²) in [5, 5.41) is 31.1. The molecule has 0 spiro atoms. The molecule has 1 aliphatic carbocycles. The molecule has 0 radical (unpaired) electrons. The maximum Gasteiger partial charge on any atom is 4.00 e. The number of allylic oxidation sites excluding steroid dienone is 3. The van der Waals surface area contributed by atoms with Gasteiger partial charge in [0.1, 0.15) is 17.1 Å². The van der Waals surface area contributed by atoms with E-state index in [9.17, 15) is 20.1 Å². The van der Waals surface area contributed by atoms with Crippen molar-refractivity contribution >= 4 is 5.97 Å². The van der Waals surface area contributed by atoms with Crippen molar-refractivity contribution in [2.45, 2.75) is 65.2 Å². The second kappa shape index (κ2) is 16.1. The van der Waals surface area contributed by atoms with E-state index in [-0.39, 0.29) is 77.1 Å². The van der Waals surface area contributed by atoms with E-state index in [0.29, 0.717) is 17.5 Å². The minimum atomic E-state index is -1.15. The third-order valence-electron chi connectivity index (χ3n) is 5.38. The van der Waals surface area contributed by atoms with Gasteiger partial charge in [0.25, 0.3) is 0 Å². The molecule has 2 atom stereocenters. The van der Waals surface area contributed by atoms with Crippen LogP contribution in [-0.4, -0.2) is 21.3 Å². The molecule has 0 saturated carbocycles. The quantitative estimate of drug-likeness (QED) is 0.163. The van der Waals surface area contributed by atoms with Gasteiger partial charge < -0.3 is 42.5 Å². The molecular weight excluding hydrogens is 575 g/mol. The zero-order chi connectivity index (χ0) is 19.4. The number of benzene rings is 1. The van der Waals surface area contributed by atoms with Gasteiger partial charge in [0, 0.05) is 11.5 Å². The fourth-order valence-corrected chi connectivity index (χ4v) is 3.96. The molecule has 0 bridgehead atoms. The fraction of sp³-hybridized carbons (Fsp3) is 0.458. The van der Waals surface area contributed by atoms with Gasteiger partial charge in [0.05, 0.1) is 0 Å². The molecule has 0 heterocycles. The number of hydrogen-bond acceptors (Lipinski definition) is 3. The van der Waals surface area contributed by atoms with Crippen LogP contribution < -0.4 is 0 Å². The van der Waals surface area contributed by atoms with Gasteiger partial charge >= 0.3 is 27.0 Å². The summed E-state index contributed by atoms with van der Waals surface area (Å²) in [6.45, 7) is 10.1. The van der Waals surface area contributed by atoms with Gasteiger partial charge in [-0.3, -0.25) is 0 Å². The summed E-state index contributed by atoms with van der Waals surface area (Å²) < 4.78 is 0. The summed E-state index contributed by atoms with van der Waals surface area (Å²) in [6.07, 6.45) is 7.19.